The van der Waals surface area contributed by atoms with Gasteiger partial charge in [0.1, 0.15) is 0 Å². The lowest BCUT2D eigenvalue weighted by Crippen LogP contribution is -2.08. The van der Waals surface area contributed by atoms with Crippen molar-refractivity contribution in [1.82, 2.24) is 5.32 Å². The van der Waals surface area contributed by atoms with Crippen molar-refractivity contribution in [2.75, 3.05) is 6.54 Å². The zero-order chi connectivity index (χ0) is 8.69. The van der Waals surface area contributed by atoms with E-state index < -0.39 is 0 Å². The fourth-order valence-corrected chi connectivity index (χ4v) is 0.842. The lowest BCUT2D eigenvalue weighted by Gasteiger charge is -2.09. The van der Waals surface area contributed by atoms with E-state index >= 15 is 0 Å². The van der Waals surface area contributed by atoms with Gasteiger partial charge in [0, 0.05) is 6.54 Å². The van der Waals surface area contributed by atoms with Gasteiger partial charge in [0.15, 0.2) is 0 Å². The molecule has 0 heterocycles. The van der Waals surface area contributed by atoms with E-state index in [-0.39, 0.29) is 0 Å². The van der Waals surface area contributed by atoms with Crippen LogP contribution < -0.4 is 5.32 Å². The normalized spacial score (nSPS) is 14.7. The lowest BCUT2D eigenvalue weighted by molar-refractivity contribution is 0.645. The highest BCUT2D eigenvalue weighted by Crippen LogP contribution is 2.11. The molecule has 0 unspecified atom stereocenters. The van der Waals surface area contributed by atoms with Crippen LogP contribution in [0, 0.1) is 5.92 Å². The molecule has 0 rings (SSSR count). The Kier molecular flexibility index (Phi) is 6.00. The first-order valence-corrected chi connectivity index (χ1v) is 4.62. The molecule has 0 aliphatic rings. The van der Waals surface area contributed by atoms with Crippen LogP contribution in [-0.4, -0.2) is 6.54 Å². The Morgan fingerprint density at radius 2 is 2.09 bits per heavy atom. The Bertz CT molecular complexity index is 116. The monoisotopic (exact) mass is 155 g/mol. The number of allylic oxidation sites excluding steroid dienone is 1. The molecule has 1 heteroatoms. The maximum atomic E-state index is 3.29. The van der Waals surface area contributed by atoms with Gasteiger partial charge in [0.25, 0.3) is 0 Å². The van der Waals surface area contributed by atoms with E-state index in [2.05, 4.69) is 39.2 Å². The maximum absolute atomic E-state index is 3.29. The molecule has 0 aromatic carbocycles. The fraction of sp³-hybridized carbons (Fsp3) is 0.800. The molecule has 1 atom stereocenters. The molecular formula is C10H21N. The average molecular weight is 155 g/mol. The van der Waals surface area contributed by atoms with Crippen molar-refractivity contribution in [1.29, 1.82) is 0 Å². The molecule has 0 radical (unpaired) electrons. The molecule has 0 amide bonds. The lowest BCUT2D eigenvalue weighted by atomic mass is 10.0. The van der Waals surface area contributed by atoms with Crippen LogP contribution in [0.1, 0.15) is 40.5 Å². The van der Waals surface area contributed by atoms with Crippen LogP contribution in [0.4, 0.5) is 0 Å². The summed E-state index contributed by atoms with van der Waals surface area (Å²) < 4.78 is 0. The molecular weight excluding hydrogens is 134 g/mol. The Morgan fingerprint density at radius 1 is 1.45 bits per heavy atom. The standard InChI is InChI=1S/C10H21N/c1-5-7-11-8-10(4)9(3)6-2/h8-9,11H,5-7H2,1-4H3/b10-8+/t9-/m1/s1. The summed E-state index contributed by atoms with van der Waals surface area (Å²) in [6.07, 6.45) is 4.58. The summed E-state index contributed by atoms with van der Waals surface area (Å²) >= 11 is 0. The molecule has 0 spiro atoms. The second-order valence-electron chi connectivity index (χ2n) is 3.15. The Hall–Kier alpha value is -0.460. The minimum atomic E-state index is 0.722. The van der Waals surface area contributed by atoms with Crippen molar-refractivity contribution >= 4 is 0 Å². The van der Waals surface area contributed by atoms with Crippen molar-refractivity contribution in [2.24, 2.45) is 5.92 Å². The second-order valence-corrected chi connectivity index (χ2v) is 3.15. The molecule has 1 N–H and O–H groups in total. The van der Waals surface area contributed by atoms with Gasteiger partial charge in [-0.3, -0.25) is 0 Å². The SMILES string of the molecule is CCCN/C=C(\C)[C@H](C)CC. The van der Waals surface area contributed by atoms with Gasteiger partial charge in [0.05, 0.1) is 0 Å². The largest absolute Gasteiger partial charge is 0.391 e. The van der Waals surface area contributed by atoms with Gasteiger partial charge in [0.2, 0.25) is 0 Å². The predicted octanol–water partition coefficient (Wildman–Crippen LogP) is 2.94. The fourth-order valence-electron chi connectivity index (χ4n) is 0.842. The minimum absolute atomic E-state index is 0.722. The molecule has 1 nitrogen and oxygen atoms in total. The average Bonchev–Trinajstić information content (AvgIpc) is 2.03. The van der Waals surface area contributed by atoms with Crippen molar-refractivity contribution in [3.63, 3.8) is 0 Å². The number of hydrogen-bond donors (Lipinski definition) is 1. The molecule has 0 aliphatic carbocycles. The van der Waals surface area contributed by atoms with E-state index in [4.69, 9.17) is 0 Å². The van der Waals surface area contributed by atoms with Crippen LogP contribution in [0.3, 0.4) is 0 Å². The van der Waals surface area contributed by atoms with E-state index in [1.165, 1.54) is 18.4 Å². The molecule has 66 valence electrons. The summed E-state index contributed by atoms with van der Waals surface area (Å²) in [5.41, 5.74) is 1.46. The zero-order valence-electron chi connectivity index (χ0n) is 8.28. The molecule has 0 bridgehead atoms. The topological polar surface area (TPSA) is 12.0 Å². The Balaban J connectivity index is 3.61. The van der Waals surface area contributed by atoms with E-state index in [1.54, 1.807) is 0 Å². The number of hydrogen-bond acceptors (Lipinski definition) is 1. The summed E-state index contributed by atoms with van der Waals surface area (Å²) in [7, 11) is 0. The summed E-state index contributed by atoms with van der Waals surface area (Å²) in [6.45, 7) is 9.95. The van der Waals surface area contributed by atoms with E-state index in [1.807, 2.05) is 0 Å². The molecule has 0 saturated heterocycles. The van der Waals surface area contributed by atoms with Gasteiger partial charge >= 0.3 is 0 Å². The van der Waals surface area contributed by atoms with Crippen LogP contribution >= 0.6 is 0 Å². The van der Waals surface area contributed by atoms with Crippen LogP contribution in [0.5, 0.6) is 0 Å². The minimum Gasteiger partial charge on any atom is -0.391 e. The predicted molar refractivity (Wildman–Crippen MR) is 51.5 cm³/mol. The first kappa shape index (κ1) is 10.5. The highest BCUT2D eigenvalue weighted by atomic mass is 14.8. The second kappa shape index (κ2) is 6.26. The molecule has 0 aromatic heterocycles. The first-order valence-electron chi connectivity index (χ1n) is 4.62. The third kappa shape index (κ3) is 4.88. The molecule has 0 aliphatic heterocycles. The third-order valence-corrected chi connectivity index (χ3v) is 2.11. The first-order chi connectivity index (χ1) is 5.22. The number of rotatable bonds is 5. The summed E-state index contributed by atoms with van der Waals surface area (Å²) in [5, 5.41) is 3.29. The van der Waals surface area contributed by atoms with Gasteiger partial charge in [-0.25, -0.2) is 0 Å². The van der Waals surface area contributed by atoms with E-state index in [9.17, 15) is 0 Å². The highest BCUT2D eigenvalue weighted by Gasteiger charge is 1.98. The van der Waals surface area contributed by atoms with Crippen molar-refractivity contribution in [3.05, 3.63) is 11.8 Å². The molecule has 11 heavy (non-hydrogen) atoms. The van der Waals surface area contributed by atoms with Gasteiger partial charge in [-0.15, -0.1) is 0 Å². The van der Waals surface area contributed by atoms with Gasteiger partial charge < -0.3 is 5.32 Å². The summed E-state index contributed by atoms with van der Waals surface area (Å²) in [4.78, 5) is 0. The Morgan fingerprint density at radius 3 is 2.55 bits per heavy atom. The van der Waals surface area contributed by atoms with E-state index in [0.717, 1.165) is 12.5 Å². The third-order valence-electron chi connectivity index (χ3n) is 2.11. The zero-order valence-corrected chi connectivity index (χ0v) is 8.28. The van der Waals surface area contributed by atoms with E-state index in [0.29, 0.717) is 0 Å². The van der Waals surface area contributed by atoms with Crippen molar-refractivity contribution in [2.45, 2.75) is 40.5 Å². The van der Waals surface area contributed by atoms with Crippen molar-refractivity contribution in [3.8, 4) is 0 Å². The smallest absolute Gasteiger partial charge is 0.0138 e. The maximum Gasteiger partial charge on any atom is 0.0138 e. The summed E-state index contributed by atoms with van der Waals surface area (Å²) in [6, 6.07) is 0. The molecule has 0 fully saturated rings. The van der Waals surface area contributed by atoms with Gasteiger partial charge in [-0.2, -0.15) is 0 Å². The van der Waals surface area contributed by atoms with Gasteiger partial charge in [-0.1, -0.05) is 26.3 Å². The quantitative estimate of drug-likeness (QED) is 0.602. The molecule has 0 saturated carbocycles. The van der Waals surface area contributed by atoms with Crippen molar-refractivity contribution < 1.29 is 0 Å². The van der Waals surface area contributed by atoms with Gasteiger partial charge in [-0.05, 0) is 31.9 Å². The van der Waals surface area contributed by atoms with Crippen LogP contribution in [-0.2, 0) is 0 Å². The Labute approximate surface area is 70.9 Å². The van der Waals surface area contributed by atoms with Crippen LogP contribution in [0.15, 0.2) is 11.8 Å². The summed E-state index contributed by atoms with van der Waals surface area (Å²) in [5.74, 6) is 0.722. The number of nitrogens with one attached hydrogen (secondary N) is 1. The highest BCUT2D eigenvalue weighted by molar-refractivity contribution is 5.00. The van der Waals surface area contributed by atoms with Crippen LogP contribution in [0.2, 0.25) is 0 Å². The van der Waals surface area contributed by atoms with Crippen LogP contribution in [0.25, 0.3) is 0 Å². The molecule has 0 aromatic rings.